The van der Waals surface area contributed by atoms with Gasteiger partial charge in [-0.1, -0.05) is 23.2 Å². The molecule has 0 amide bonds. The van der Waals surface area contributed by atoms with Gasteiger partial charge in [0.15, 0.2) is 0 Å². The van der Waals surface area contributed by atoms with E-state index in [0.29, 0.717) is 10.0 Å². The van der Waals surface area contributed by atoms with E-state index >= 15 is 0 Å². The van der Waals surface area contributed by atoms with Crippen LogP contribution in [0.5, 0.6) is 11.5 Å². The Labute approximate surface area is 303 Å². The second-order valence-electron chi connectivity index (χ2n) is 12.3. The zero-order valence-corrected chi connectivity index (χ0v) is 30.1. The molecule has 1 aliphatic rings. The number of fused-ring (bicyclic) bond motifs is 4. The second-order valence-corrected chi connectivity index (χ2v) is 13.2. The van der Waals surface area contributed by atoms with Gasteiger partial charge in [0.25, 0.3) is 0 Å². The van der Waals surface area contributed by atoms with Crippen LogP contribution in [0, 0.1) is 0 Å². The average molecular weight is 720 g/mol. The molecule has 1 saturated heterocycles. The molecule has 3 heterocycles. The van der Waals surface area contributed by atoms with Gasteiger partial charge >= 0.3 is 0 Å². The summed E-state index contributed by atoms with van der Waals surface area (Å²) < 4.78 is 11.0. The third-order valence-electron chi connectivity index (χ3n) is 9.26. The number of benzene rings is 4. The van der Waals surface area contributed by atoms with E-state index < -0.39 is 0 Å². The number of ether oxygens (including phenoxy) is 2. The van der Waals surface area contributed by atoms with Gasteiger partial charge < -0.3 is 29.9 Å². The van der Waals surface area contributed by atoms with Gasteiger partial charge in [0, 0.05) is 70.9 Å². The lowest BCUT2D eigenvalue weighted by Gasteiger charge is -2.34. The molecule has 4 aromatic carbocycles. The molecular weight excluding hydrogens is 679 g/mol. The lowest BCUT2D eigenvalue weighted by molar-refractivity contribution is 0.132. The van der Waals surface area contributed by atoms with Crippen LogP contribution in [0.1, 0.15) is 12.8 Å². The third kappa shape index (κ3) is 7.84. The molecule has 0 radical (unpaired) electrons. The quantitative estimate of drug-likeness (QED) is 0.0961. The number of anilines is 2. The van der Waals surface area contributed by atoms with Gasteiger partial charge in [-0.3, -0.25) is 0 Å². The molecule has 11 heteroatoms. The van der Waals surface area contributed by atoms with Crippen LogP contribution in [0.15, 0.2) is 72.8 Å². The fourth-order valence-corrected chi connectivity index (χ4v) is 7.03. The molecule has 1 aliphatic heterocycles. The molecule has 6 aromatic rings. The van der Waals surface area contributed by atoms with Gasteiger partial charge in [0.2, 0.25) is 0 Å². The van der Waals surface area contributed by atoms with E-state index in [1.807, 2.05) is 48.5 Å². The number of nitrogens with one attached hydrogen (secondary N) is 2. The topological polar surface area (TPSA) is 74.8 Å². The average Bonchev–Trinajstić information content (AvgIpc) is 3.11. The summed E-state index contributed by atoms with van der Waals surface area (Å²) in [6.45, 7) is 8.22. The van der Waals surface area contributed by atoms with Gasteiger partial charge in [0.1, 0.15) is 11.5 Å². The Morgan fingerprint density at radius 2 is 1.00 bits per heavy atom. The van der Waals surface area contributed by atoms with Crippen LogP contribution in [0.25, 0.3) is 43.6 Å². The smallest absolute Gasteiger partial charge is 0.119 e. The molecule has 256 valence electrons. The highest BCUT2D eigenvalue weighted by Crippen LogP contribution is 2.35. The summed E-state index contributed by atoms with van der Waals surface area (Å²) >= 11 is 12.6. The van der Waals surface area contributed by atoms with Crippen molar-refractivity contribution in [2.45, 2.75) is 12.8 Å². The molecule has 0 aliphatic carbocycles. The van der Waals surface area contributed by atoms with E-state index in [4.69, 9.17) is 42.6 Å². The predicted molar refractivity (Wildman–Crippen MR) is 208 cm³/mol. The van der Waals surface area contributed by atoms with E-state index in [0.717, 1.165) is 132 Å². The SMILES string of the molecule is COc1ccc2nc3cc(Cl)ccc3c(NCCCN3CCN(CCCNc4c5ccc(Cl)cc5nc5ccc(OC)cc45)CC3)c2c1.Cl. The van der Waals surface area contributed by atoms with Crippen molar-refractivity contribution in [3.8, 4) is 11.5 Å². The van der Waals surface area contributed by atoms with Gasteiger partial charge in [-0.05, 0) is 98.7 Å². The molecular formula is C38H41Cl3N6O2. The molecule has 49 heavy (non-hydrogen) atoms. The number of methoxy groups -OCH3 is 2. The van der Waals surface area contributed by atoms with Crippen LogP contribution < -0.4 is 20.1 Å². The fourth-order valence-electron chi connectivity index (χ4n) is 6.70. The number of pyridine rings is 2. The van der Waals surface area contributed by atoms with Gasteiger partial charge in [-0.15, -0.1) is 12.4 Å². The maximum atomic E-state index is 6.30. The monoisotopic (exact) mass is 718 g/mol. The van der Waals surface area contributed by atoms with E-state index in [9.17, 15) is 0 Å². The Morgan fingerprint density at radius 3 is 1.41 bits per heavy atom. The van der Waals surface area contributed by atoms with Gasteiger partial charge in [-0.2, -0.15) is 0 Å². The highest BCUT2D eigenvalue weighted by Gasteiger charge is 2.17. The Morgan fingerprint density at radius 1 is 0.571 bits per heavy atom. The van der Waals surface area contributed by atoms with Crippen molar-refractivity contribution in [1.82, 2.24) is 19.8 Å². The normalized spacial score (nSPS) is 14.0. The standard InChI is InChI=1S/C38H40Cl2N6O2.ClH/c1-47-27-7-11-33-31(23-27)37(29-9-5-25(39)21-35(29)43-33)41-13-3-15-45-17-19-46(20-18-45)16-4-14-42-38-30-10-6-26(40)22-36(30)44-34-12-8-28(48-2)24-32(34)38;/h5-12,21-24H,3-4,13-20H2,1-2H3,(H,41,43)(H,42,44);1H. The van der Waals surface area contributed by atoms with Gasteiger partial charge in [-0.25, -0.2) is 9.97 Å². The Hall–Kier alpha value is -3.79. The summed E-state index contributed by atoms with van der Waals surface area (Å²) in [4.78, 5) is 14.9. The molecule has 0 saturated carbocycles. The van der Waals surface area contributed by atoms with E-state index in [1.54, 1.807) is 14.2 Å². The van der Waals surface area contributed by atoms with Crippen LogP contribution >= 0.6 is 35.6 Å². The minimum Gasteiger partial charge on any atom is -0.497 e. The summed E-state index contributed by atoms with van der Waals surface area (Å²) in [7, 11) is 3.39. The van der Waals surface area contributed by atoms with Gasteiger partial charge in [0.05, 0.1) is 47.7 Å². The summed E-state index contributed by atoms with van der Waals surface area (Å²) in [5, 5.41) is 13.1. The van der Waals surface area contributed by atoms with Crippen molar-refractivity contribution in [3.05, 3.63) is 82.8 Å². The molecule has 0 atom stereocenters. The number of halogens is 3. The predicted octanol–water partition coefficient (Wildman–Crippen LogP) is 8.76. The largest absolute Gasteiger partial charge is 0.497 e. The fraction of sp³-hybridized carbons (Fsp3) is 0.316. The molecule has 2 aromatic heterocycles. The Balaban J connectivity index is 0.00000417. The van der Waals surface area contributed by atoms with Crippen LogP contribution in [0.4, 0.5) is 11.4 Å². The number of nitrogens with zero attached hydrogens (tertiary/aromatic N) is 4. The van der Waals surface area contributed by atoms with E-state index in [-0.39, 0.29) is 12.4 Å². The summed E-state index contributed by atoms with van der Waals surface area (Å²) in [6.07, 6.45) is 2.10. The first-order valence-electron chi connectivity index (χ1n) is 16.6. The Bertz CT molecular complexity index is 1940. The van der Waals surface area contributed by atoms with Crippen molar-refractivity contribution in [2.24, 2.45) is 0 Å². The maximum Gasteiger partial charge on any atom is 0.119 e. The summed E-state index contributed by atoms with van der Waals surface area (Å²) in [5.41, 5.74) is 5.79. The molecule has 1 fully saturated rings. The lowest BCUT2D eigenvalue weighted by Crippen LogP contribution is -2.47. The number of hydrogen-bond acceptors (Lipinski definition) is 8. The van der Waals surface area contributed by atoms with Crippen molar-refractivity contribution >= 4 is 90.6 Å². The molecule has 0 unspecified atom stereocenters. The summed E-state index contributed by atoms with van der Waals surface area (Å²) in [5.74, 6) is 1.64. The van der Waals surface area contributed by atoms with E-state index in [2.05, 4.69) is 44.7 Å². The first-order valence-corrected chi connectivity index (χ1v) is 17.3. The molecule has 0 spiro atoms. The molecule has 0 bridgehead atoms. The van der Waals surface area contributed by atoms with Crippen molar-refractivity contribution in [1.29, 1.82) is 0 Å². The first kappa shape index (κ1) is 35.1. The minimum atomic E-state index is 0. The second kappa shape index (κ2) is 15.8. The summed E-state index contributed by atoms with van der Waals surface area (Å²) in [6, 6.07) is 23.8. The zero-order valence-electron chi connectivity index (χ0n) is 27.8. The van der Waals surface area contributed by atoms with Crippen molar-refractivity contribution in [3.63, 3.8) is 0 Å². The number of hydrogen-bond donors (Lipinski definition) is 2. The highest BCUT2D eigenvalue weighted by molar-refractivity contribution is 6.32. The van der Waals surface area contributed by atoms with Crippen molar-refractivity contribution in [2.75, 3.05) is 77.2 Å². The van der Waals surface area contributed by atoms with Crippen LogP contribution in [-0.2, 0) is 0 Å². The number of piperazine rings is 1. The zero-order chi connectivity index (χ0) is 33.0. The lowest BCUT2D eigenvalue weighted by atomic mass is 10.1. The third-order valence-corrected chi connectivity index (χ3v) is 9.73. The van der Waals surface area contributed by atoms with Crippen molar-refractivity contribution < 1.29 is 9.47 Å². The molecule has 7 rings (SSSR count). The minimum absolute atomic E-state index is 0. The van der Waals surface area contributed by atoms with Crippen LogP contribution in [0.3, 0.4) is 0 Å². The first-order chi connectivity index (χ1) is 23.5. The highest BCUT2D eigenvalue weighted by atomic mass is 35.5. The van der Waals surface area contributed by atoms with Crippen LogP contribution in [0.2, 0.25) is 10.0 Å². The molecule has 2 N–H and O–H groups in total. The molecule has 8 nitrogen and oxygen atoms in total. The Kier molecular flexibility index (Phi) is 11.3. The van der Waals surface area contributed by atoms with E-state index in [1.165, 1.54) is 0 Å². The maximum absolute atomic E-state index is 6.30. The number of rotatable bonds is 12. The number of aromatic nitrogens is 2. The van der Waals surface area contributed by atoms with Crippen LogP contribution in [-0.4, -0.2) is 86.3 Å².